The second-order valence-electron chi connectivity index (χ2n) is 9.13. The largest absolute Gasteiger partial charge is 0.497 e. The molecule has 1 N–H and O–H groups in total. The van der Waals surface area contributed by atoms with Gasteiger partial charge in [-0.25, -0.2) is 0 Å². The van der Waals surface area contributed by atoms with E-state index < -0.39 is 17.6 Å². The zero-order valence-electron chi connectivity index (χ0n) is 20.6. The molecule has 0 spiro atoms. The van der Waals surface area contributed by atoms with Gasteiger partial charge in [-0.15, -0.1) is 0 Å². The lowest BCUT2D eigenvalue weighted by Crippen LogP contribution is -2.38. The summed E-state index contributed by atoms with van der Waals surface area (Å²) in [4.78, 5) is 30.6. The molecule has 3 aromatic rings. The summed E-state index contributed by atoms with van der Waals surface area (Å²) in [6.45, 7) is 2.73. The van der Waals surface area contributed by atoms with E-state index in [9.17, 15) is 22.8 Å². The topological polar surface area (TPSA) is 71.5 Å². The van der Waals surface area contributed by atoms with Gasteiger partial charge in [0, 0.05) is 31.2 Å². The standard InChI is InChI=1S/C28H28F3N3O3/c1-18(19-5-9-25(37-2)10-6-19)26(35)33-24-7-3-20(4-8-24)21-11-13-34(14-12-21)27(36)22-15-23(17-32-16-22)28(29,30)31/h3-10,15-18,21H,11-14H2,1-2H3,(H,33,35). The normalized spacial score (nSPS) is 15.2. The maximum atomic E-state index is 13.0. The van der Waals surface area contributed by atoms with Gasteiger partial charge in [0.05, 0.1) is 24.2 Å². The number of nitrogens with one attached hydrogen (secondary N) is 1. The maximum Gasteiger partial charge on any atom is 0.417 e. The molecule has 1 saturated heterocycles. The third-order valence-corrected chi connectivity index (χ3v) is 6.75. The van der Waals surface area contributed by atoms with Crippen LogP contribution in [0.4, 0.5) is 18.9 Å². The van der Waals surface area contributed by atoms with Gasteiger partial charge < -0.3 is 15.0 Å². The smallest absolute Gasteiger partial charge is 0.417 e. The Hall–Kier alpha value is -3.88. The third kappa shape index (κ3) is 6.28. The average Bonchev–Trinajstić information content (AvgIpc) is 2.92. The van der Waals surface area contributed by atoms with Crippen molar-refractivity contribution in [1.29, 1.82) is 0 Å². The molecule has 0 saturated carbocycles. The number of methoxy groups -OCH3 is 1. The molecule has 9 heteroatoms. The van der Waals surface area contributed by atoms with E-state index in [0.29, 0.717) is 31.6 Å². The van der Waals surface area contributed by atoms with E-state index in [0.717, 1.165) is 29.1 Å². The van der Waals surface area contributed by atoms with E-state index in [1.807, 2.05) is 55.5 Å². The quantitative estimate of drug-likeness (QED) is 0.449. The second kappa shape index (κ2) is 11.0. The van der Waals surface area contributed by atoms with Crippen molar-refractivity contribution in [1.82, 2.24) is 9.88 Å². The van der Waals surface area contributed by atoms with E-state index >= 15 is 0 Å². The van der Waals surface area contributed by atoms with Crippen LogP contribution in [0.5, 0.6) is 5.75 Å². The van der Waals surface area contributed by atoms with Crippen molar-refractivity contribution in [2.75, 3.05) is 25.5 Å². The summed E-state index contributed by atoms with van der Waals surface area (Å²) in [6, 6.07) is 15.9. The first-order valence-corrected chi connectivity index (χ1v) is 12.0. The molecule has 1 aliphatic rings. The van der Waals surface area contributed by atoms with E-state index in [-0.39, 0.29) is 23.3 Å². The minimum absolute atomic E-state index is 0.0581. The fourth-order valence-electron chi connectivity index (χ4n) is 4.44. The minimum atomic E-state index is -4.55. The highest BCUT2D eigenvalue weighted by molar-refractivity contribution is 5.95. The van der Waals surface area contributed by atoms with Crippen LogP contribution < -0.4 is 10.1 Å². The molecule has 0 bridgehead atoms. The maximum absolute atomic E-state index is 13.0. The number of anilines is 1. The molecule has 1 fully saturated rings. The summed E-state index contributed by atoms with van der Waals surface area (Å²) in [5, 5.41) is 2.95. The van der Waals surface area contributed by atoms with Gasteiger partial charge in [0.1, 0.15) is 5.75 Å². The fourth-order valence-corrected chi connectivity index (χ4v) is 4.44. The minimum Gasteiger partial charge on any atom is -0.497 e. The zero-order chi connectivity index (χ0) is 26.6. The number of nitrogens with zero attached hydrogens (tertiary/aromatic N) is 2. The van der Waals surface area contributed by atoms with Crippen molar-refractivity contribution < 1.29 is 27.5 Å². The molecular weight excluding hydrogens is 483 g/mol. The lowest BCUT2D eigenvalue weighted by molar-refractivity contribution is -0.137. The van der Waals surface area contributed by atoms with Crippen LogP contribution in [-0.2, 0) is 11.0 Å². The van der Waals surface area contributed by atoms with Crippen molar-refractivity contribution in [2.24, 2.45) is 0 Å². The number of carbonyl (C=O) groups is 2. The number of hydrogen-bond acceptors (Lipinski definition) is 4. The Morgan fingerprint density at radius 1 is 1.03 bits per heavy atom. The first-order chi connectivity index (χ1) is 17.7. The molecule has 0 radical (unpaired) electrons. The van der Waals surface area contributed by atoms with Crippen LogP contribution in [-0.4, -0.2) is 41.9 Å². The van der Waals surface area contributed by atoms with Crippen LogP contribution in [0.25, 0.3) is 0 Å². The van der Waals surface area contributed by atoms with Crippen LogP contribution in [0.15, 0.2) is 67.0 Å². The number of alkyl halides is 3. The number of piperidine rings is 1. The highest BCUT2D eigenvalue weighted by Gasteiger charge is 2.32. The van der Waals surface area contributed by atoms with Crippen LogP contribution in [0.3, 0.4) is 0 Å². The van der Waals surface area contributed by atoms with Crippen molar-refractivity contribution in [2.45, 2.75) is 37.8 Å². The second-order valence-corrected chi connectivity index (χ2v) is 9.13. The molecule has 194 valence electrons. The summed E-state index contributed by atoms with van der Waals surface area (Å²) in [7, 11) is 1.59. The van der Waals surface area contributed by atoms with Gasteiger partial charge in [0.2, 0.25) is 5.91 Å². The number of rotatable bonds is 6. The van der Waals surface area contributed by atoms with Crippen LogP contribution in [0, 0.1) is 0 Å². The lowest BCUT2D eigenvalue weighted by Gasteiger charge is -2.32. The molecule has 37 heavy (non-hydrogen) atoms. The highest BCUT2D eigenvalue weighted by atomic mass is 19.4. The summed E-state index contributed by atoms with van der Waals surface area (Å²) in [5.41, 5.74) is 1.68. The van der Waals surface area contributed by atoms with Gasteiger partial charge in [-0.3, -0.25) is 14.6 Å². The van der Waals surface area contributed by atoms with Crippen molar-refractivity contribution in [3.8, 4) is 5.75 Å². The molecule has 4 rings (SSSR count). The van der Waals surface area contributed by atoms with Crippen LogP contribution in [0.2, 0.25) is 0 Å². The molecule has 6 nitrogen and oxygen atoms in total. The number of carbonyl (C=O) groups excluding carboxylic acids is 2. The van der Waals surface area contributed by atoms with Gasteiger partial charge in [-0.05, 0) is 67.1 Å². The Bertz CT molecular complexity index is 1240. The summed E-state index contributed by atoms with van der Waals surface area (Å²) < 4.78 is 44.0. The predicted octanol–water partition coefficient (Wildman–Crippen LogP) is 5.87. The van der Waals surface area contributed by atoms with Crippen molar-refractivity contribution >= 4 is 17.5 Å². The lowest BCUT2D eigenvalue weighted by atomic mass is 9.89. The number of hydrogen-bond donors (Lipinski definition) is 1. The van der Waals surface area contributed by atoms with E-state index in [1.165, 1.54) is 6.20 Å². The van der Waals surface area contributed by atoms with Gasteiger partial charge in [-0.1, -0.05) is 24.3 Å². The summed E-state index contributed by atoms with van der Waals surface area (Å²) in [6.07, 6.45) is -1.27. The Kier molecular flexibility index (Phi) is 7.80. The first kappa shape index (κ1) is 26.2. The molecular formula is C28H28F3N3O3. The zero-order valence-corrected chi connectivity index (χ0v) is 20.6. The van der Waals surface area contributed by atoms with Gasteiger partial charge in [-0.2, -0.15) is 13.2 Å². The first-order valence-electron chi connectivity index (χ1n) is 12.0. The number of pyridine rings is 1. The average molecular weight is 512 g/mol. The number of benzene rings is 2. The molecule has 0 aliphatic carbocycles. The molecule has 1 aliphatic heterocycles. The monoisotopic (exact) mass is 511 g/mol. The Morgan fingerprint density at radius 2 is 1.68 bits per heavy atom. The van der Waals surface area contributed by atoms with Crippen LogP contribution in [0.1, 0.15) is 58.6 Å². The molecule has 2 heterocycles. The van der Waals surface area contributed by atoms with Crippen LogP contribution >= 0.6 is 0 Å². The Morgan fingerprint density at radius 3 is 2.27 bits per heavy atom. The Balaban J connectivity index is 1.32. The van der Waals surface area contributed by atoms with Crippen molar-refractivity contribution in [3.05, 3.63) is 89.2 Å². The fraction of sp³-hybridized carbons (Fsp3) is 0.321. The SMILES string of the molecule is COc1ccc(C(C)C(=O)Nc2ccc(C3CCN(C(=O)c4cncc(C(F)(F)F)c4)CC3)cc2)cc1. The summed E-state index contributed by atoms with van der Waals surface area (Å²) >= 11 is 0. The molecule has 1 aromatic heterocycles. The number of likely N-dealkylation sites (tertiary alicyclic amines) is 1. The van der Waals surface area contributed by atoms with Gasteiger partial charge in [0.15, 0.2) is 0 Å². The molecule has 2 amide bonds. The molecule has 1 unspecified atom stereocenters. The Labute approximate surface area is 213 Å². The number of amides is 2. The number of halogens is 3. The third-order valence-electron chi connectivity index (χ3n) is 6.75. The molecule has 1 atom stereocenters. The van der Waals surface area contributed by atoms with E-state index in [1.54, 1.807) is 12.0 Å². The predicted molar refractivity (Wildman–Crippen MR) is 134 cm³/mol. The molecule has 2 aromatic carbocycles. The number of aromatic nitrogens is 1. The van der Waals surface area contributed by atoms with E-state index in [4.69, 9.17) is 4.74 Å². The summed E-state index contributed by atoms with van der Waals surface area (Å²) in [5.74, 6) is 0.0517. The van der Waals surface area contributed by atoms with Crippen molar-refractivity contribution in [3.63, 3.8) is 0 Å². The number of ether oxygens (including phenoxy) is 1. The van der Waals surface area contributed by atoms with E-state index in [2.05, 4.69) is 10.3 Å². The highest BCUT2D eigenvalue weighted by Crippen LogP contribution is 2.32. The van der Waals surface area contributed by atoms with Gasteiger partial charge >= 0.3 is 6.18 Å². The van der Waals surface area contributed by atoms with Gasteiger partial charge in [0.25, 0.3) is 5.91 Å².